The first-order valence-corrected chi connectivity index (χ1v) is 5.67. The molecule has 0 atom stereocenters. The number of benzene rings is 1. The van der Waals surface area contributed by atoms with Gasteiger partial charge in [0.05, 0.1) is 5.75 Å². The first kappa shape index (κ1) is 12.6. The molecule has 0 heterocycles. The van der Waals surface area contributed by atoms with Crippen LogP contribution in [-0.4, -0.2) is 10.9 Å². The van der Waals surface area contributed by atoms with Crippen molar-refractivity contribution in [3.8, 4) is 11.8 Å². The van der Waals surface area contributed by atoms with Crippen LogP contribution in [0.3, 0.4) is 0 Å². The predicted octanol–water partition coefficient (Wildman–Crippen LogP) is 2.35. The van der Waals surface area contributed by atoms with Crippen molar-refractivity contribution in [2.24, 2.45) is 0 Å². The molecule has 4 heteroatoms. The van der Waals surface area contributed by atoms with Gasteiger partial charge in [-0.25, -0.2) is 4.39 Å². The Balaban J connectivity index is 2.84. The zero-order chi connectivity index (χ0) is 12.1. The van der Waals surface area contributed by atoms with E-state index in [4.69, 9.17) is 5.73 Å². The highest BCUT2D eigenvalue weighted by Crippen LogP contribution is 2.17. The Hall–Kier alpha value is -1.47. The van der Waals surface area contributed by atoms with E-state index in [2.05, 4.69) is 11.8 Å². The second kappa shape index (κ2) is 5.57. The van der Waals surface area contributed by atoms with Gasteiger partial charge in [0.25, 0.3) is 0 Å². The van der Waals surface area contributed by atoms with Gasteiger partial charge >= 0.3 is 0 Å². The van der Waals surface area contributed by atoms with Crippen molar-refractivity contribution >= 4 is 22.6 Å². The van der Waals surface area contributed by atoms with Crippen LogP contribution in [0.15, 0.2) is 12.1 Å². The first-order valence-electron chi connectivity index (χ1n) is 4.68. The van der Waals surface area contributed by atoms with E-state index in [1.54, 1.807) is 6.92 Å². The third-order valence-corrected chi connectivity index (χ3v) is 2.68. The van der Waals surface area contributed by atoms with Gasteiger partial charge in [-0.2, -0.15) is 0 Å². The second-order valence-electron chi connectivity index (χ2n) is 3.25. The molecule has 0 saturated heterocycles. The number of anilines is 1. The van der Waals surface area contributed by atoms with Crippen molar-refractivity contribution in [1.82, 2.24) is 0 Å². The van der Waals surface area contributed by atoms with Crippen molar-refractivity contribution in [1.29, 1.82) is 0 Å². The molecule has 0 aliphatic heterocycles. The van der Waals surface area contributed by atoms with Gasteiger partial charge in [-0.15, -0.1) is 0 Å². The monoisotopic (exact) mass is 237 g/mol. The Morgan fingerprint density at radius 3 is 2.88 bits per heavy atom. The molecule has 1 rings (SSSR count). The standard InChI is InChI=1S/C12H12FNOS/c1-8-10(4-3-5-16-9(2)15)6-11(13)7-12(8)14/h6-7H,5,14H2,1-2H3. The normalized spacial score (nSPS) is 9.44. The Bertz CT molecular complexity index is 474. The molecule has 0 radical (unpaired) electrons. The zero-order valence-electron chi connectivity index (χ0n) is 9.13. The fraction of sp³-hybridized carbons (Fsp3) is 0.250. The Kier molecular flexibility index (Phi) is 4.39. The number of nitrogen functional groups attached to an aromatic ring is 1. The van der Waals surface area contributed by atoms with E-state index in [-0.39, 0.29) is 5.12 Å². The molecule has 84 valence electrons. The maximum atomic E-state index is 13.0. The van der Waals surface area contributed by atoms with Gasteiger partial charge in [0, 0.05) is 18.2 Å². The van der Waals surface area contributed by atoms with Crippen LogP contribution in [-0.2, 0) is 4.79 Å². The van der Waals surface area contributed by atoms with Crippen molar-refractivity contribution in [3.63, 3.8) is 0 Å². The molecule has 0 saturated carbocycles. The Morgan fingerprint density at radius 2 is 2.25 bits per heavy atom. The molecule has 2 nitrogen and oxygen atoms in total. The van der Waals surface area contributed by atoms with Crippen LogP contribution in [0, 0.1) is 24.6 Å². The SMILES string of the molecule is CC(=O)SCC#Cc1cc(F)cc(N)c1C. The molecular weight excluding hydrogens is 225 g/mol. The van der Waals surface area contributed by atoms with E-state index < -0.39 is 5.82 Å². The average molecular weight is 237 g/mol. The molecule has 0 aliphatic rings. The number of rotatable bonds is 1. The zero-order valence-corrected chi connectivity index (χ0v) is 9.95. The summed E-state index contributed by atoms with van der Waals surface area (Å²) < 4.78 is 13.0. The van der Waals surface area contributed by atoms with Gasteiger partial charge in [0.1, 0.15) is 5.82 Å². The number of hydrogen-bond donors (Lipinski definition) is 1. The fourth-order valence-corrected chi connectivity index (χ4v) is 1.45. The molecule has 0 aromatic heterocycles. The van der Waals surface area contributed by atoms with E-state index in [1.807, 2.05) is 0 Å². The minimum atomic E-state index is -0.397. The minimum absolute atomic E-state index is 0.0183. The maximum Gasteiger partial charge on any atom is 0.186 e. The van der Waals surface area contributed by atoms with Crippen molar-refractivity contribution < 1.29 is 9.18 Å². The van der Waals surface area contributed by atoms with E-state index in [9.17, 15) is 9.18 Å². The van der Waals surface area contributed by atoms with Crippen LogP contribution in [0.2, 0.25) is 0 Å². The molecule has 0 bridgehead atoms. The summed E-state index contributed by atoms with van der Waals surface area (Å²) in [6, 6.07) is 2.61. The molecule has 0 unspecified atom stereocenters. The molecule has 0 fully saturated rings. The highest BCUT2D eigenvalue weighted by atomic mass is 32.2. The lowest BCUT2D eigenvalue weighted by Crippen LogP contribution is -1.94. The number of halogens is 1. The highest BCUT2D eigenvalue weighted by molar-refractivity contribution is 8.13. The molecule has 1 aromatic rings. The van der Waals surface area contributed by atoms with Crippen molar-refractivity contribution in [3.05, 3.63) is 29.1 Å². The Morgan fingerprint density at radius 1 is 1.56 bits per heavy atom. The van der Waals surface area contributed by atoms with E-state index in [0.29, 0.717) is 17.0 Å². The molecule has 2 N–H and O–H groups in total. The summed E-state index contributed by atoms with van der Waals surface area (Å²) in [4.78, 5) is 10.6. The number of nitrogens with two attached hydrogens (primary N) is 1. The summed E-state index contributed by atoms with van der Waals surface area (Å²) in [6.45, 7) is 3.27. The Labute approximate surface area is 98.4 Å². The maximum absolute atomic E-state index is 13.0. The predicted molar refractivity (Wildman–Crippen MR) is 65.6 cm³/mol. The van der Waals surface area contributed by atoms with Gasteiger partial charge < -0.3 is 5.73 Å². The topological polar surface area (TPSA) is 43.1 Å². The second-order valence-corrected chi connectivity index (χ2v) is 4.40. The van der Waals surface area contributed by atoms with E-state index >= 15 is 0 Å². The quantitative estimate of drug-likeness (QED) is 0.602. The average Bonchev–Trinajstić information content (AvgIpc) is 2.19. The smallest absolute Gasteiger partial charge is 0.186 e. The molecule has 0 amide bonds. The van der Waals surface area contributed by atoms with Crippen LogP contribution in [0.1, 0.15) is 18.1 Å². The van der Waals surface area contributed by atoms with Gasteiger partial charge in [-0.1, -0.05) is 23.6 Å². The fourth-order valence-electron chi connectivity index (χ4n) is 1.10. The van der Waals surface area contributed by atoms with Crippen LogP contribution < -0.4 is 5.73 Å². The van der Waals surface area contributed by atoms with Crippen molar-refractivity contribution in [2.75, 3.05) is 11.5 Å². The van der Waals surface area contributed by atoms with Crippen LogP contribution in [0.25, 0.3) is 0 Å². The van der Waals surface area contributed by atoms with Gasteiger partial charge in [-0.3, -0.25) is 4.79 Å². The lowest BCUT2D eigenvalue weighted by molar-refractivity contribution is -0.109. The lowest BCUT2D eigenvalue weighted by Gasteiger charge is -2.02. The summed E-state index contributed by atoms with van der Waals surface area (Å²) >= 11 is 1.13. The third kappa shape index (κ3) is 3.59. The summed E-state index contributed by atoms with van der Waals surface area (Å²) in [6.07, 6.45) is 0. The first-order chi connectivity index (χ1) is 7.50. The van der Waals surface area contributed by atoms with Gasteiger partial charge in [-0.05, 0) is 24.6 Å². The van der Waals surface area contributed by atoms with E-state index in [1.165, 1.54) is 19.1 Å². The largest absolute Gasteiger partial charge is 0.398 e. The third-order valence-electron chi connectivity index (χ3n) is 1.98. The lowest BCUT2D eigenvalue weighted by atomic mass is 10.1. The van der Waals surface area contributed by atoms with Gasteiger partial charge in [0.2, 0.25) is 0 Å². The number of carbonyl (C=O) groups excluding carboxylic acids is 1. The summed E-state index contributed by atoms with van der Waals surface area (Å²) in [5, 5.41) is 0.0183. The molecular formula is C12H12FNOS. The van der Waals surface area contributed by atoms with Crippen molar-refractivity contribution in [2.45, 2.75) is 13.8 Å². The number of thioether (sulfide) groups is 1. The highest BCUT2D eigenvalue weighted by Gasteiger charge is 2.02. The number of carbonyl (C=O) groups is 1. The van der Waals surface area contributed by atoms with Crippen LogP contribution >= 0.6 is 11.8 Å². The minimum Gasteiger partial charge on any atom is -0.398 e. The summed E-state index contributed by atoms with van der Waals surface area (Å²) in [5.41, 5.74) is 7.34. The molecule has 0 aliphatic carbocycles. The van der Waals surface area contributed by atoms with Gasteiger partial charge in [0.15, 0.2) is 5.12 Å². The summed E-state index contributed by atoms with van der Waals surface area (Å²) in [7, 11) is 0. The van der Waals surface area contributed by atoms with Crippen LogP contribution in [0.4, 0.5) is 10.1 Å². The summed E-state index contributed by atoms with van der Waals surface area (Å²) in [5.74, 6) is 5.62. The van der Waals surface area contributed by atoms with E-state index in [0.717, 1.165) is 17.3 Å². The molecule has 0 spiro atoms. The molecule has 16 heavy (non-hydrogen) atoms. The molecule has 1 aromatic carbocycles. The number of hydrogen-bond acceptors (Lipinski definition) is 3. The van der Waals surface area contributed by atoms with Crippen LogP contribution in [0.5, 0.6) is 0 Å².